The Kier molecular flexibility index (Phi) is 3.02. The van der Waals surface area contributed by atoms with Crippen LogP contribution in [0.1, 0.15) is 17.5 Å². The molecule has 2 heterocycles. The van der Waals surface area contributed by atoms with E-state index in [0.717, 1.165) is 16.9 Å². The van der Waals surface area contributed by atoms with E-state index < -0.39 is 0 Å². The molecule has 20 heavy (non-hydrogen) atoms. The number of ether oxygens (including phenoxy) is 1. The van der Waals surface area contributed by atoms with Crippen LogP contribution in [0.5, 0.6) is 5.75 Å². The van der Waals surface area contributed by atoms with E-state index in [9.17, 15) is 4.79 Å². The topological polar surface area (TPSA) is 89.3 Å². The van der Waals surface area contributed by atoms with E-state index in [0.29, 0.717) is 18.3 Å². The fraction of sp³-hybridized carbons (Fsp3) is 0.308. The number of carbonyl (C=O) groups excluding carboxylic acids is 1. The van der Waals surface area contributed by atoms with Crippen molar-refractivity contribution in [3.05, 3.63) is 29.7 Å². The zero-order chi connectivity index (χ0) is 14.1. The molecule has 0 fully saturated rings. The Morgan fingerprint density at radius 3 is 3.00 bits per heavy atom. The monoisotopic (exact) mass is 274 g/mol. The Morgan fingerprint density at radius 2 is 2.30 bits per heavy atom. The third kappa shape index (κ3) is 2.18. The summed E-state index contributed by atoms with van der Waals surface area (Å²) in [5.41, 5.74) is 1.76. The number of nitrogens with one attached hydrogen (secondary N) is 2. The van der Waals surface area contributed by atoms with Crippen molar-refractivity contribution in [2.45, 2.75) is 13.0 Å². The average Bonchev–Trinajstić information content (AvgIpc) is 3.05. The van der Waals surface area contributed by atoms with Gasteiger partial charge >= 0.3 is 6.03 Å². The summed E-state index contributed by atoms with van der Waals surface area (Å²) in [5.74, 6) is 1.77. The summed E-state index contributed by atoms with van der Waals surface area (Å²) < 4.78 is 10.6. The maximum absolute atomic E-state index is 11.4. The summed E-state index contributed by atoms with van der Waals surface area (Å²) in [7, 11) is 1.58. The highest BCUT2D eigenvalue weighted by atomic mass is 16.5. The fourth-order valence-corrected chi connectivity index (χ4v) is 2.12. The van der Waals surface area contributed by atoms with Crippen LogP contribution in [-0.2, 0) is 0 Å². The first-order chi connectivity index (χ1) is 9.67. The zero-order valence-corrected chi connectivity index (χ0v) is 11.1. The predicted molar refractivity (Wildman–Crippen MR) is 70.3 cm³/mol. The quantitative estimate of drug-likeness (QED) is 0.864. The first-order valence-electron chi connectivity index (χ1n) is 6.23. The smallest absolute Gasteiger partial charge is 0.315 e. The number of urea groups is 1. The second kappa shape index (κ2) is 4.84. The molecule has 2 amide bonds. The van der Waals surface area contributed by atoms with Crippen molar-refractivity contribution >= 4 is 6.03 Å². The molecule has 1 aliphatic heterocycles. The SMILES string of the molecule is CNC(=O)N[C@@H]1COc2cc(-c3noc(C)n3)ccc21. The summed E-state index contributed by atoms with van der Waals surface area (Å²) >= 11 is 0. The molecule has 0 aliphatic carbocycles. The van der Waals surface area contributed by atoms with Gasteiger partial charge in [0.15, 0.2) is 0 Å². The van der Waals surface area contributed by atoms with E-state index in [1.165, 1.54) is 0 Å². The van der Waals surface area contributed by atoms with Crippen molar-refractivity contribution in [1.82, 2.24) is 20.8 Å². The van der Waals surface area contributed by atoms with E-state index in [2.05, 4.69) is 20.8 Å². The number of fused-ring (bicyclic) bond motifs is 1. The highest BCUT2D eigenvalue weighted by molar-refractivity contribution is 5.74. The van der Waals surface area contributed by atoms with Crippen LogP contribution in [-0.4, -0.2) is 29.8 Å². The van der Waals surface area contributed by atoms with Crippen molar-refractivity contribution in [2.24, 2.45) is 0 Å². The Balaban J connectivity index is 1.86. The van der Waals surface area contributed by atoms with Crippen molar-refractivity contribution < 1.29 is 14.1 Å². The van der Waals surface area contributed by atoms with Crippen LogP contribution in [0, 0.1) is 6.92 Å². The summed E-state index contributed by atoms with van der Waals surface area (Å²) in [4.78, 5) is 15.5. The lowest BCUT2D eigenvalue weighted by molar-refractivity contribution is 0.234. The molecule has 7 heteroatoms. The fourth-order valence-electron chi connectivity index (χ4n) is 2.12. The van der Waals surface area contributed by atoms with Crippen LogP contribution < -0.4 is 15.4 Å². The van der Waals surface area contributed by atoms with Crippen LogP contribution in [0.3, 0.4) is 0 Å². The lowest BCUT2D eigenvalue weighted by atomic mass is 10.1. The van der Waals surface area contributed by atoms with Crippen molar-refractivity contribution in [3.8, 4) is 17.1 Å². The molecular weight excluding hydrogens is 260 g/mol. The van der Waals surface area contributed by atoms with Crippen molar-refractivity contribution in [3.63, 3.8) is 0 Å². The van der Waals surface area contributed by atoms with E-state index in [-0.39, 0.29) is 12.1 Å². The summed E-state index contributed by atoms with van der Waals surface area (Å²) in [6.07, 6.45) is 0. The number of carbonyl (C=O) groups is 1. The molecule has 1 aromatic heterocycles. The lowest BCUT2D eigenvalue weighted by Crippen LogP contribution is -2.36. The highest BCUT2D eigenvalue weighted by Gasteiger charge is 2.26. The van der Waals surface area contributed by atoms with Gasteiger partial charge in [-0.2, -0.15) is 4.98 Å². The van der Waals surface area contributed by atoms with Gasteiger partial charge in [-0.3, -0.25) is 0 Å². The third-order valence-corrected chi connectivity index (χ3v) is 3.11. The maximum Gasteiger partial charge on any atom is 0.315 e. The molecule has 2 N–H and O–H groups in total. The van der Waals surface area contributed by atoms with Gasteiger partial charge in [0.25, 0.3) is 0 Å². The molecule has 0 spiro atoms. The van der Waals surface area contributed by atoms with Crippen LogP contribution >= 0.6 is 0 Å². The van der Waals surface area contributed by atoms with Gasteiger partial charge in [0, 0.05) is 25.1 Å². The molecule has 0 saturated heterocycles. The Bertz CT molecular complexity index is 653. The maximum atomic E-state index is 11.4. The molecule has 1 aromatic carbocycles. The molecule has 0 unspecified atom stereocenters. The van der Waals surface area contributed by atoms with E-state index >= 15 is 0 Å². The molecule has 3 rings (SSSR count). The minimum atomic E-state index is -0.232. The second-order valence-corrected chi connectivity index (χ2v) is 4.48. The first kappa shape index (κ1) is 12.5. The van der Waals surface area contributed by atoms with Gasteiger partial charge in [-0.25, -0.2) is 4.79 Å². The van der Waals surface area contributed by atoms with Crippen molar-refractivity contribution in [1.29, 1.82) is 0 Å². The lowest BCUT2D eigenvalue weighted by Gasteiger charge is -2.10. The van der Waals surface area contributed by atoms with Gasteiger partial charge in [-0.1, -0.05) is 17.3 Å². The van der Waals surface area contributed by atoms with E-state index in [4.69, 9.17) is 9.26 Å². The molecule has 0 radical (unpaired) electrons. The first-order valence-corrected chi connectivity index (χ1v) is 6.23. The van der Waals surface area contributed by atoms with Gasteiger partial charge in [-0.15, -0.1) is 0 Å². The number of rotatable bonds is 2. The number of hydrogen-bond acceptors (Lipinski definition) is 5. The van der Waals surface area contributed by atoms with Gasteiger partial charge in [0.05, 0.1) is 6.04 Å². The van der Waals surface area contributed by atoms with Crippen LogP contribution in [0.25, 0.3) is 11.4 Å². The third-order valence-electron chi connectivity index (χ3n) is 3.11. The van der Waals surface area contributed by atoms with Gasteiger partial charge in [-0.05, 0) is 6.07 Å². The van der Waals surface area contributed by atoms with E-state index in [1.807, 2.05) is 18.2 Å². The van der Waals surface area contributed by atoms with Gasteiger partial charge in [0.2, 0.25) is 11.7 Å². The zero-order valence-electron chi connectivity index (χ0n) is 11.1. The van der Waals surface area contributed by atoms with Crippen LogP contribution in [0.2, 0.25) is 0 Å². The Hall–Kier alpha value is -2.57. The van der Waals surface area contributed by atoms with E-state index in [1.54, 1.807) is 14.0 Å². The van der Waals surface area contributed by atoms with Crippen LogP contribution in [0.4, 0.5) is 4.79 Å². The molecule has 104 valence electrons. The molecule has 0 bridgehead atoms. The van der Waals surface area contributed by atoms with Crippen LogP contribution in [0.15, 0.2) is 22.7 Å². The number of nitrogens with zero attached hydrogens (tertiary/aromatic N) is 2. The minimum absolute atomic E-state index is 0.147. The molecule has 1 aliphatic rings. The predicted octanol–water partition coefficient (Wildman–Crippen LogP) is 1.41. The molecule has 1 atom stereocenters. The summed E-state index contributed by atoms with van der Waals surface area (Å²) in [6, 6.07) is 5.26. The molecule has 7 nitrogen and oxygen atoms in total. The molecule has 0 saturated carbocycles. The Labute approximate surface area is 115 Å². The standard InChI is InChI=1S/C13H14N4O3/c1-7-15-12(17-20-7)8-3-4-9-10(16-13(18)14-2)6-19-11(9)5-8/h3-5,10H,6H2,1-2H3,(H2,14,16,18)/t10-/m1/s1. The normalized spacial score (nSPS) is 16.4. The number of benzene rings is 1. The van der Waals surface area contributed by atoms with Crippen molar-refractivity contribution in [2.75, 3.05) is 13.7 Å². The van der Waals surface area contributed by atoms with Gasteiger partial charge in [0.1, 0.15) is 12.4 Å². The summed E-state index contributed by atoms with van der Waals surface area (Å²) in [6.45, 7) is 2.15. The largest absolute Gasteiger partial charge is 0.491 e. The number of hydrogen-bond donors (Lipinski definition) is 2. The highest BCUT2D eigenvalue weighted by Crippen LogP contribution is 2.35. The molecule has 2 aromatic rings. The Morgan fingerprint density at radius 1 is 1.45 bits per heavy atom. The number of amides is 2. The average molecular weight is 274 g/mol. The number of aryl methyl sites for hydroxylation is 1. The molecular formula is C13H14N4O3. The summed E-state index contributed by atoms with van der Waals surface area (Å²) in [5, 5.41) is 9.22. The minimum Gasteiger partial charge on any atom is -0.491 e. The second-order valence-electron chi connectivity index (χ2n) is 4.48. The van der Waals surface area contributed by atoms with Gasteiger partial charge < -0.3 is 19.9 Å². The number of aromatic nitrogens is 2.